The van der Waals surface area contributed by atoms with Gasteiger partial charge < -0.3 is 0 Å². The first-order chi connectivity index (χ1) is 2.91. The largest absolute Gasteiger partial charge is 0.280 e. The van der Waals surface area contributed by atoms with Crippen molar-refractivity contribution < 1.29 is 14.2 Å². The molecule has 0 fully saturated rings. The van der Waals surface area contributed by atoms with E-state index >= 15 is 0 Å². The van der Waals surface area contributed by atoms with Gasteiger partial charge in [-0.1, -0.05) is 0 Å². The van der Waals surface area contributed by atoms with Gasteiger partial charge in [0.1, 0.15) is 0 Å². The second kappa shape index (κ2) is 4.25. The highest BCUT2D eigenvalue weighted by atomic mass is 19.1. The summed E-state index contributed by atoms with van der Waals surface area (Å²) in [6, 6.07) is 0. The van der Waals surface area contributed by atoms with Crippen LogP contribution < -0.4 is 0 Å². The third-order valence-corrected chi connectivity index (χ3v) is 0.164. The highest BCUT2D eigenvalue weighted by Crippen LogP contribution is 1.63. The molecule has 6 heavy (non-hydrogen) atoms. The van der Waals surface area contributed by atoms with Crippen molar-refractivity contribution in [3.63, 3.8) is 0 Å². The normalized spacial score (nSPS) is 5.67. The molecule has 0 aliphatic heterocycles. The first-order valence-corrected chi connectivity index (χ1v) is 1.22. The topological polar surface area (TPSA) is 18.5 Å². The predicted molar refractivity (Wildman–Crippen MR) is 17.0 cm³/mol. The molecule has 3 heteroatoms. The van der Waals surface area contributed by atoms with Crippen LogP contribution in [0.1, 0.15) is 0 Å². The molecular formula is C3H3FO2. The van der Waals surface area contributed by atoms with Crippen LogP contribution >= 0.6 is 0 Å². The fraction of sp³-hybridized carbons (Fsp3) is 0.333. The van der Waals surface area contributed by atoms with Crippen LogP contribution in [-0.2, 0) is 9.78 Å². The minimum atomic E-state index is 0.971. The van der Waals surface area contributed by atoms with Crippen LogP contribution in [0.5, 0.6) is 0 Å². The summed E-state index contributed by atoms with van der Waals surface area (Å²) in [7, 11) is 1.24. The van der Waals surface area contributed by atoms with E-state index in [0.717, 1.165) is 6.17 Å². The third kappa shape index (κ3) is 3.25. The molecule has 34 valence electrons. The molecule has 0 aromatic carbocycles. The molecule has 0 aromatic heterocycles. The Morgan fingerprint density at radius 3 is 2.50 bits per heavy atom. The number of hydrogen-bond donors (Lipinski definition) is 0. The molecule has 0 saturated heterocycles. The maximum absolute atomic E-state index is 10.6. The minimum absolute atomic E-state index is 0.971. The van der Waals surface area contributed by atoms with Gasteiger partial charge in [0.15, 0.2) is 12.3 Å². The van der Waals surface area contributed by atoms with Crippen LogP contribution in [0.25, 0.3) is 0 Å². The van der Waals surface area contributed by atoms with Crippen LogP contribution in [0, 0.1) is 12.3 Å². The van der Waals surface area contributed by atoms with E-state index in [-0.39, 0.29) is 0 Å². The van der Waals surface area contributed by atoms with Crippen LogP contribution in [-0.4, -0.2) is 7.11 Å². The fourth-order valence-electron chi connectivity index (χ4n) is 0.0574. The lowest BCUT2D eigenvalue weighted by Crippen LogP contribution is -1.73. The highest BCUT2D eigenvalue weighted by Gasteiger charge is 1.60. The molecule has 0 N–H and O–H groups in total. The SMILES string of the molecule is COOC#CF. The van der Waals surface area contributed by atoms with E-state index in [1.54, 1.807) is 6.11 Å². The van der Waals surface area contributed by atoms with E-state index in [4.69, 9.17) is 0 Å². The average Bonchev–Trinajstić information content (AvgIpc) is 1.61. The Balaban J connectivity index is 2.79. The van der Waals surface area contributed by atoms with Gasteiger partial charge in [-0.3, -0.25) is 4.89 Å². The monoisotopic (exact) mass is 90.0 g/mol. The summed E-state index contributed by atoms with van der Waals surface area (Å²) in [6.45, 7) is 0. The zero-order valence-corrected chi connectivity index (χ0v) is 3.19. The van der Waals surface area contributed by atoms with Crippen LogP contribution in [0.4, 0.5) is 4.39 Å². The Kier molecular flexibility index (Phi) is 3.72. The summed E-state index contributed by atoms with van der Waals surface area (Å²) < 4.78 is 10.6. The van der Waals surface area contributed by atoms with Gasteiger partial charge in [-0.25, -0.2) is 0 Å². The predicted octanol–water partition coefficient (Wildman–Crippen LogP) is 0.452. The van der Waals surface area contributed by atoms with Crippen molar-refractivity contribution in [2.24, 2.45) is 0 Å². The summed E-state index contributed by atoms with van der Waals surface area (Å²) in [4.78, 5) is 7.62. The molecule has 0 amide bonds. The summed E-state index contributed by atoms with van der Waals surface area (Å²) in [5, 5.41) is 0. The molecule has 0 aliphatic rings. The van der Waals surface area contributed by atoms with Crippen molar-refractivity contribution >= 4 is 0 Å². The molecular weight excluding hydrogens is 87.0 g/mol. The van der Waals surface area contributed by atoms with Crippen molar-refractivity contribution in [1.82, 2.24) is 0 Å². The summed E-state index contributed by atoms with van der Waals surface area (Å²) in [6.07, 6.45) is 2.53. The lowest BCUT2D eigenvalue weighted by Gasteiger charge is -1.79. The minimum Gasteiger partial charge on any atom is -0.280 e. The van der Waals surface area contributed by atoms with Crippen LogP contribution in [0.3, 0.4) is 0 Å². The molecule has 0 aromatic rings. The molecule has 0 heterocycles. The fourth-order valence-corrected chi connectivity index (χ4v) is 0.0574. The van der Waals surface area contributed by atoms with E-state index in [0.29, 0.717) is 0 Å². The average molecular weight is 90.1 g/mol. The molecule has 0 aliphatic carbocycles. The third-order valence-electron chi connectivity index (χ3n) is 0.164. The molecule has 0 rings (SSSR count). The second-order valence-electron chi connectivity index (χ2n) is 0.447. The van der Waals surface area contributed by atoms with Crippen molar-refractivity contribution in [3.8, 4) is 12.3 Å². The Morgan fingerprint density at radius 1 is 1.67 bits per heavy atom. The summed E-state index contributed by atoms with van der Waals surface area (Å²) in [5.74, 6) is 0. The Morgan fingerprint density at radius 2 is 2.33 bits per heavy atom. The molecule has 0 radical (unpaired) electrons. The number of rotatable bonds is 1. The maximum Gasteiger partial charge on any atom is 0.193 e. The lowest BCUT2D eigenvalue weighted by molar-refractivity contribution is -0.209. The van der Waals surface area contributed by atoms with Crippen molar-refractivity contribution in [2.45, 2.75) is 0 Å². The summed E-state index contributed by atoms with van der Waals surface area (Å²) >= 11 is 0. The highest BCUT2D eigenvalue weighted by molar-refractivity contribution is 4.75. The quantitative estimate of drug-likeness (QED) is 0.264. The Labute approximate surface area is 34.8 Å². The molecule has 0 saturated carbocycles. The van der Waals surface area contributed by atoms with Gasteiger partial charge in [0, 0.05) is 0 Å². The van der Waals surface area contributed by atoms with Gasteiger partial charge in [-0.2, -0.15) is 4.89 Å². The standard InChI is InChI=1S/C3H3FO2/c1-5-6-3-2-4/h1H3. The van der Waals surface area contributed by atoms with E-state index in [1.807, 2.05) is 0 Å². The van der Waals surface area contributed by atoms with Crippen LogP contribution in [0.2, 0.25) is 0 Å². The van der Waals surface area contributed by atoms with Crippen molar-refractivity contribution in [1.29, 1.82) is 0 Å². The van der Waals surface area contributed by atoms with Gasteiger partial charge in [0.05, 0.1) is 7.11 Å². The number of halogens is 1. The Hall–Kier alpha value is -0.750. The van der Waals surface area contributed by atoms with Gasteiger partial charge >= 0.3 is 0 Å². The van der Waals surface area contributed by atoms with Gasteiger partial charge in [-0.05, 0) is 0 Å². The van der Waals surface area contributed by atoms with E-state index in [2.05, 4.69) is 9.78 Å². The Bertz CT molecular complexity index is 70.6. The maximum atomic E-state index is 10.6. The lowest BCUT2D eigenvalue weighted by atomic mass is 11.3. The molecule has 0 bridgehead atoms. The van der Waals surface area contributed by atoms with Crippen molar-refractivity contribution in [2.75, 3.05) is 7.11 Å². The van der Waals surface area contributed by atoms with Crippen LogP contribution in [0.15, 0.2) is 0 Å². The van der Waals surface area contributed by atoms with Gasteiger partial charge in [-0.15, -0.1) is 4.39 Å². The smallest absolute Gasteiger partial charge is 0.193 e. The van der Waals surface area contributed by atoms with E-state index < -0.39 is 0 Å². The van der Waals surface area contributed by atoms with Gasteiger partial charge in [0.25, 0.3) is 0 Å². The summed E-state index contributed by atoms with van der Waals surface area (Å²) in [5.41, 5.74) is 0. The zero-order valence-electron chi connectivity index (χ0n) is 3.19. The first-order valence-electron chi connectivity index (χ1n) is 1.22. The van der Waals surface area contributed by atoms with Gasteiger partial charge in [0.2, 0.25) is 0 Å². The van der Waals surface area contributed by atoms with Crippen molar-refractivity contribution in [3.05, 3.63) is 0 Å². The molecule has 0 unspecified atom stereocenters. The molecule has 0 atom stereocenters. The molecule has 2 nitrogen and oxygen atoms in total. The van der Waals surface area contributed by atoms with E-state index in [1.165, 1.54) is 7.11 Å². The first kappa shape index (κ1) is 5.25. The van der Waals surface area contributed by atoms with E-state index in [9.17, 15) is 4.39 Å². The second-order valence-corrected chi connectivity index (χ2v) is 0.447. The molecule has 0 spiro atoms. The zero-order chi connectivity index (χ0) is 4.83. The number of hydrogen-bond acceptors (Lipinski definition) is 2.